The number of carbonyl (C=O) groups excluding carboxylic acids is 3. The van der Waals surface area contributed by atoms with Crippen molar-refractivity contribution in [2.75, 3.05) is 19.6 Å². The summed E-state index contributed by atoms with van der Waals surface area (Å²) in [5.74, 6) is -6.36. The Labute approximate surface area is 231 Å². The van der Waals surface area contributed by atoms with Crippen molar-refractivity contribution in [2.24, 2.45) is 17.3 Å². The number of carbonyl (C=O) groups is 4. The first-order valence-electron chi connectivity index (χ1n) is 13.5. The minimum absolute atomic E-state index is 0.00750. The molecule has 3 unspecified atom stereocenters. The van der Waals surface area contributed by atoms with Gasteiger partial charge in [0.05, 0.1) is 16.9 Å². The maximum Gasteiger partial charge on any atom is 0.307 e. The highest BCUT2D eigenvalue weighted by molar-refractivity contribution is 5.99. The van der Waals surface area contributed by atoms with Gasteiger partial charge in [-0.15, -0.1) is 0 Å². The first-order chi connectivity index (χ1) is 18.9. The topological polar surface area (TPSA) is 104 Å². The molecular formula is C30H34F2N2O6. The van der Waals surface area contributed by atoms with Crippen molar-refractivity contribution in [1.29, 1.82) is 0 Å². The van der Waals surface area contributed by atoms with E-state index in [2.05, 4.69) is 0 Å². The zero-order valence-electron chi connectivity index (χ0n) is 22.9. The Morgan fingerprint density at radius 2 is 1.77 bits per heavy atom. The molecule has 0 radical (unpaired) electrons. The van der Waals surface area contributed by atoms with Crippen molar-refractivity contribution in [3.8, 4) is 0 Å². The summed E-state index contributed by atoms with van der Waals surface area (Å²) in [6.07, 6.45) is -0.0916. The molecule has 0 saturated carbocycles. The zero-order valence-corrected chi connectivity index (χ0v) is 22.9. The number of carboxylic acid groups (broad SMARTS) is 1. The number of esters is 1. The maximum absolute atomic E-state index is 14.0. The van der Waals surface area contributed by atoms with Gasteiger partial charge < -0.3 is 14.7 Å². The first kappa shape index (κ1) is 29.2. The van der Waals surface area contributed by atoms with Crippen molar-refractivity contribution < 1.29 is 37.8 Å². The smallest absolute Gasteiger partial charge is 0.307 e. The number of ether oxygens (including phenoxy) is 1. The lowest BCUT2D eigenvalue weighted by Crippen LogP contribution is -2.46. The number of hydrogen-bond donors (Lipinski definition) is 1. The molecule has 2 amide bonds. The molecule has 2 aliphatic heterocycles. The van der Waals surface area contributed by atoms with Crippen LogP contribution in [0.1, 0.15) is 67.7 Å². The fraction of sp³-hybridized carbons (Fsp3) is 0.467. The molecule has 0 spiro atoms. The van der Waals surface area contributed by atoms with E-state index < -0.39 is 47.0 Å². The van der Waals surface area contributed by atoms with Gasteiger partial charge in [-0.3, -0.25) is 24.1 Å². The average Bonchev–Trinajstić information content (AvgIpc) is 3.32. The number of benzene rings is 2. The van der Waals surface area contributed by atoms with Crippen LogP contribution in [0.4, 0.5) is 8.78 Å². The van der Waals surface area contributed by atoms with Crippen LogP contribution in [-0.4, -0.2) is 58.3 Å². The predicted octanol–water partition coefficient (Wildman–Crippen LogP) is 4.58. The van der Waals surface area contributed by atoms with E-state index in [-0.39, 0.29) is 35.9 Å². The van der Waals surface area contributed by atoms with Crippen molar-refractivity contribution in [2.45, 2.75) is 52.7 Å². The molecule has 2 heterocycles. The standard InChI is InChI=1S/C30H34F2N2O6/c1-18(2)17-30(11-14-33(29(30)39)12-9-20-7-5-4-6-8-20)23(28(37)38)10-13-34-26(36)21-15-24(31)25(32)16-22(21)27(34)40-19(3)35/h4-8,15-16,18,23,27H,9-14,17H2,1-3H3,(H,37,38). The number of nitrogens with zero attached hydrogens (tertiary/aromatic N) is 2. The quantitative estimate of drug-likeness (QED) is 0.407. The van der Waals surface area contributed by atoms with Gasteiger partial charge in [0.2, 0.25) is 12.1 Å². The molecule has 214 valence electrons. The van der Waals surface area contributed by atoms with Crippen LogP contribution in [0.2, 0.25) is 0 Å². The number of hydrogen-bond acceptors (Lipinski definition) is 5. The molecule has 3 atom stereocenters. The van der Waals surface area contributed by atoms with Gasteiger partial charge in [-0.2, -0.15) is 0 Å². The summed E-state index contributed by atoms with van der Waals surface area (Å²) in [5, 5.41) is 10.4. The summed E-state index contributed by atoms with van der Waals surface area (Å²) in [7, 11) is 0. The normalized spacial score (nSPS) is 21.2. The first-order valence-corrected chi connectivity index (χ1v) is 13.5. The zero-order chi connectivity index (χ0) is 29.2. The number of rotatable bonds is 11. The largest absolute Gasteiger partial charge is 0.481 e. The number of amides is 2. The number of fused-ring (bicyclic) bond motifs is 1. The van der Waals surface area contributed by atoms with E-state index in [1.807, 2.05) is 44.2 Å². The molecule has 4 rings (SSSR count). The van der Waals surface area contributed by atoms with E-state index >= 15 is 0 Å². The average molecular weight is 557 g/mol. The van der Waals surface area contributed by atoms with Crippen LogP contribution in [0.3, 0.4) is 0 Å². The summed E-state index contributed by atoms with van der Waals surface area (Å²) >= 11 is 0. The maximum atomic E-state index is 14.0. The number of aliphatic carboxylic acids is 1. The molecule has 1 saturated heterocycles. The number of likely N-dealkylation sites (tertiary alicyclic amines) is 1. The molecule has 8 nitrogen and oxygen atoms in total. The van der Waals surface area contributed by atoms with Gasteiger partial charge in [-0.05, 0) is 49.3 Å². The summed E-state index contributed by atoms with van der Waals surface area (Å²) in [6, 6.07) is 11.3. The van der Waals surface area contributed by atoms with E-state index in [9.17, 15) is 33.1 Å². The Morgan fingerprint density at radius 1 is 1.10 bits per heavy atom. The lowest BCUT2D eigenvalue weighted by molar-refractivity contribution is -0.158. The van der Waals surface area contributed by atoms with Crippen molar-refractivity contribution in [3.63, 3.8) is 0 Å². The van der Waals surface area contributed by atoms with E-state index in [0.29, 0.717) is 32.4 Å². The Balaban J connectivity index is 1.58. The third kappa shape index (κ3) is 5.71. The van der Waals surface area contributed by atoms with Gasteiger partial charge in [0.25, 0.3) is 5.91 Å². The van der Waals surface area contributed by atoms with Crippen molar-refractivity contribution in [3.05, 3.63) is 70.8 Å². The predicted molar refractivity (Wildman–Crippen MR) is 141 cm³/mol. The molecule has 0 aromatic heterocycles. The molecule has 1 fully saturated rings. The fourth-order valence-electron chi connectivity index (χ4n) is 6.15. The van der Waals surface area contributed by atoms with Crippen molar-refractivity contribution >= 4 is 23.8 Å². The van der Waals surface area contributed by atoms with Gasteiger partial charge in [0.15, 0.2) is 11.6 Å². The van der Waals surface area contributed by atoms with E-state index in [4.69, 9.17) is 4.74 Å². The van der Waals surface area contributed by atoms with Crippen LogP contribution in [0.15, 0.2) is 42.5 Å². The van der Waals surface area contributed by atoms with Crippen molar-refractivity contribution in [1.82, 2.24) is 9.80 Å². The summed E-state index contributed by atoms with van der Waals surface area (Å²) in [4.78, 5) is 54.4. The van der Waals surface area contributed by atoms with Gasteiger partial charge >= 0.3 is 11.9 Å². The second kappa shape index (κ2) is 11.7. The lowest BCUT2D eigenvalue weighted by Gasteiger charge is -2.36. The minimum Gasteiger partial charge on any atom is -0.481 e. The van der Waals surface area contributed by atoms with Crippen LogP contribution in [0, 0.1) is 28.9 Å². The van der Waals surface area contributed by atoms with Crippen LogP contribution in [0.5, 0.6) is 0 Å². The molecule has 0 bridgehead atoms. The highest BCUT2D eigenvalue weighted by Gasteiger charge is 2.54. The summed E-state index contributed by atoms with van der Waals surface area (Å²) < 4.78 is 33.2. The molecule has 2 aromatic carbocycles. The monoisotopic (exact) mass is 556 g/mol. The molecule has 2 aromatic rings. The van der Waals surface area contributed by atoms with Crippen LogP contribution in [0.25, 0.3) is 0 Å². The Hall–Kier alpha value is -3.82. The SMILES string of the molecule is CC(=O)OC1c2cc(F)c(F)cc2C(=O)N1CCC(C(=O)O)C1(CC(C)C)CCN(CCc2ccccc2)C1=O. The number of halogens is 2. The molecular weight excluding hydrogens is 522 g/mol. The van der Waals surface area contributed by atoms with Crippen LogP contribution < -0.4 is 0 Å². The second-order valence-corrected chi connectivity index (χ2v) is 11.0. The Bertz CT molecular complexity index is 1300. The van der Waals surface area contributed by atoms with E-state index in [0.717, 1.165) is 29.5 Å². The third-order valence-electron chi connectivity index (χ3n) is 7.86. The molecule has 0 aliphatic carbocycles. The fourth-order valence-corrected chi connectivity index (χ4v) is 6.15. The van der Waals surface area contributed by atoms with Gasteiger partial charge in [0, 0.05) is 32.1 Å². The van der Waals surface area contributed by atoms with Gasteiger partial charge in [-0.25, -0.2) is 8.78 Å². The van der Waals surface area contributed by atoms with Crippen LogP contribution >= 0.6 is 0 Å². The lowest BCUT2D eigenvalue weighted by atomic mass is 9.67. The number of carboxylic acids is 1. The van der Waals surface area contributed by atoms with E-state index in [1.54, 1.807) is 4.90 Å². The third-order valence-corrected chi connectivity index (χ3v) is 7.86. The Morgan fingerprint density at radius 3 is 2.40 bits per heavy atom. The molecule has 2 aliphatic rings. The van der Waals surface area contributed by atoms with Gasteiger partial charge in [-0.1, -0.05) is 44.2 Å². The van der Waals surface area contributed by atoms with E-state index in [1.165, 1.54) is 0 Å². The highest BCUT2D eigenvalue weighted by Crippen LogP contribution is 2.47. The molecule has 1 N–H and O–H groups in total. The Kier molecular flexibility index (Phi) is 8.56. The summed E-state index contributed by atoms with van der Waals surface area (Å²) in [6.45, 7) is 5.68. The molecule has 40 heavy (non-hydrogen) atoms. The highest BCUT2D eigenvalue weighted by atomic mass is 19.2. The van der Waals surface area contributed by atoms with Gasteiger partial charge in [0.1, 0.15) is 0 Å². The van der Waals surface area contributed by atoms with Crippen LogP contribution in [-0.2, 0) is 25.5 Å². The molecule has 10 heteroatoms. The summed E-state index contributed by atoms with van der Waals surface area (Å²) in [5.41, 5.74) is -0.269. The second-order valence-electron chi connectivity index (χ2n) is 11.0. The minimum atomic E-state index is -1.33.